The quantitative estimate of drug-likeness (QED) is 0.882. The van der Waals surface area contributed by atoms with Crippen molar-refractivity contribution >= 4 is 11.7 Å². The highest BCUT2D eigenvalue weighted by molar-refractivity contribution is 5.89. The number of anilines is 1. The normalized spacial score (nSPS) is 12.2. The Morgan fingerprint density at radius 1 is 1.32 bits per heavy atom. The van der Waals surface area contributed by atoms with Crippen LogP contribution < -0.4 is 10.6 Å². The van der Waals surface area contributed by atoms with Crippen LogP contribution in [0.1, 0.15) is 50.4 Å². The number of nitrogens with zero attached hydrogens (tertiary/aromatic N) is 2. The molecule has 22 heavy (non-hydrogen) atoms. The van der Waals surface area contributed by atoms with Gasteiger partial charge >= 0.3 is 6.03 Å². The maximum Gasteiger partial charge on any atom is 0.319 e. The molecule has 2 N–H and O–H groups in total. The average Bonchev–Trinajstić information content (AvgIpc) is 2.91. The molecule has 2 rings (SSSR count). The third-order valence-corrected chi connectivity index (χ3v) is 3.74. The fourth-order valence-corrected chi connectivity index (χ4v) is 2.41. The lowest BCUT2D eigenvalue weighted by Gasteiger charge is -2.18. The minimum atomic E-state index is -0.200. The van der Waals surface area contributed by atoms with Gasteiger partial charge in [0.05, 0.1) is 11.7 Å². The SMILES string of the molecule is CC[C@H](NC(=O)Nc1cccc(C(C)C)c1)c1ccnn1C. The summed E-state index contributed by atoms with van der Waals surface area (Å²) in [4.78, 5) is 12.2. The molecule has 0 aliphatic heterocycles. The molecule has 0 aliphatic rings. The second-order valence-corrected chi connectivity index (χ2v) is 5.72. The molecule has 2 aromatic rings. The number of amides is 2. The predicted molar refractivity (Wildman–Crippen MR) is 88.9 cm³/mol. The molecule has 0 fully saturated rings. The van der Waals surface area contributed by atoms with Gasteiger partial charge < -0.3 is 10.6 Å². The number of hydrogen-bond acceptors (Lipinski definition) is 2. The highest BCUT2D eigenvalue weighted by atomic mass is 16.2. The van der Waals surface area contributed by atoms with Crippen molar-refractivity contribution in [2.75, 3.05) is 5.32 Å². The van der Waals surface area contributed by atoms with Gasteiger partial charge in [0.1, 0.15) is 0 Å². The molecule has 1 heterocycles. The molecule has 1 aromatic heterocycles. The number of nitrogens with one attached hydrogen (secondary N) is 2. The molecule has 0 bridgehead atoms. The molecular formula is C17H24N4O. The molecule has 0 radical (unpaired) electrons. The molecule has 118 valence electrons. The lowest BCUT2D eigenvalue weighted by atomic mass is 10.0. The van der Waals surface area contributed by atoms with Crippen molar-refractivity contribution in [3.8, 4) is 0 Å². The Bertz CT molecular complexity index is 633. The summed E-state index contributed by atoms with van der Waals surface area (Å²) < 4.78 is 1.79. The second-order valence-electron chi connectivity index (χ2n) is 5.72. The number of rotatable bonds is 5. The highest BCUT2D eigenvalue weighted by Gasteiger charge is 2.15. The van der Waals surface area contributed by atoms with E-state index in [4.69, 9.17) is 0 Å². The molecule has 1 atom stereocenters. The predicted octanol–water partition coefficient (Wildman–Crippen LogP) is 3.82. The van der Waals surface area contributed by atoms with Gasteiger partial charge in [0.2, 0.25) is 0 Å². The van der Waals surface area contributed by atoms with Crippen LogP contribution in [0.3, 0.4) is 0 Å². The van der Waals surface area contributed by atoms with Crippen molar-refractivity contribution < 1.29 is 4.79 Å². The number of hydrogen-bond donors (Lipinski definition) is 2. The number of benzene rings is 1. The van der Waals surface area contributed by atoms with E-state index in [9.17, 15) is 4.79 Å². The van der Waals surface area contributed by atoms with Crippen LogP contribution in [0.25, 0.3) is 0 Å². The van der Waals surface area contributed by atoms with Crippen molar-refractivity contribution in [2.24, 2.45) is 7.05 Å². The first-order chi connectivity index (χ1) is 10.5. The Morgan fingerprint density at radius 3 is 2.68 bits per heavy atom. The fraction of sp³-hybridized carbons (Fsp3) is 0.412. The van der Waals surface area contributed by atoms with Crippen LogP contribution in [0, 0.1) is 0 Å². The van der Waals surface area contributed by atoms with Gasteiger partial charge in [-0.3, -0.25) is 4.68 Å². The third kappa shape index (κ3) is 3.87. The molecule has 0 saturated heterocycles. The fourth-order valence-electron chi connectivity index (χ4n) is 2.41. The van der Waals surface area contributed by atoms with Gasteiger partial charge in [0, 0.05) is 18.9 Å². The Hall–Kier alpha value is -2.30. The maximum absolute atomic E-state index is 12.2. The van der Waals surface area contributed by atoms with Gasteiger partial charge in [0.15, 0.2) is 0 Å². The summed E-state index contributed by atoms with van der Waals surface area (Å²) in [6.45, 7) is 6.31. The lowest BCUT2D eigenvalue weighted by Crippen LogP contribution is -2.33. The molecular weight excluding hydrogens is 276 g/mol. The van der Waals surface area contributed by atoms with Crippen LogP contribution in [-0.2, 0) is 7.05 Å². The Balaban J connectivity index is 2.03. The van der Waals surface area contributed by atoms with E-state index in [0.29, 0.717) is 5.92 Å². The molecule has 5 nitrogen and oxygen atoms in total. The summed E-state index contributed by atoms with van der Waals surface area (Å²) >= 11 is 0. The van der Waals surface area contributed by atoms with Gasteiger partial charge in [-0.05, 0) is 36.1 Å². The van der Waals surface area contributed by atoms with Crippen molar-refractivity contribution in [2.45, 2.75) is 39.2 Å². The topological polar surface area (TPSA) is 59.0 Å². The lowest BCUT2D eigenvalue weighted by molar-refractivity contribution is 0.247. The van der Waals surface area contributed by atoms with Crippen molar-refractivity contribution in [1.82, 2.24) is 15.1 Å². The van der Waals surface area contributed by atoms with E-state index in [0.717, 1.165) is 17.8 Å². The van der Waals surface area contributed by atoms with Crippen molar-refractivity contribution in [3.63, 3.8) is 0 Å². The standard InChI is InChI=1S/C17H24N4O/c1-5-15(16-9-10-18-21(16)4)20-17(22)19-14-8-6-7-13(11-14)12(2)3/h6-12,15H,5H2,1-4H3,(H2,19,20,22)/t15-/m0/s1. The van der Waals surface area contributed by atoms with Gasteiger partial charge in [-0.2, -0.15) is 5.10 Å². The highest BCUT2D eigenvalue weighted by Crippen LogP contribution is 2.19. The summed E-state index contributed by atoms with van der Waals surface area (Å²) in [7, 11) is 1.88. The smallest absolute Gasteiger partial charge is 0.319 e. The van der Waals surface area contributed by atoms with E-state index in [1.54, 1.807) is 10.9 Å². The summed E-state index contributed by atoms with van der Waals surface area (Å²) in [5.74, 6) is 0.433. The van der Waals surface area contributed by atoms with Gasteiger partial charge in [-0.15, -0.1) is 0 Å². The van der Waals surface area contributed by atoms with Crippen molar-refractivity contribution in [1.29, 1.82) is 0 Å². The second kappa shape index (κ2) is 7.11. The molecule has 5 heteroatoms. The van der Waals surface area contributed by atoms with E-state index in [1.807, 2.05) is 38.2 Å². The van der Waals surface area contributed by atoms with Gasteiger partial charge in [-0.25, -0.2) is 4.79 Å². The van der Waals surface area contributed by atoms with Gasteiger partial charge in [-0.1, -0.05) is 32.9 Å². The zero-order chi connectivity index (χ0) is 16.1. The van der Waals surface area contributed by atoms with E-state index in [-0.39, 0.29) is 12.1 Å². The number of carbonyl (C=O) groups excluding carboxylic acids is 1. The Kier molecular flexibility index (Phi) is 5.20. The minimum Gasteiger partial charge on any atom is -0.330 e. The number of aromatic nitrogens is 2. The number of aryl methyl sites for hydroxylation is 1. The van der Waals surface area contributed by atoms with E-state index >= 15 is 0 Å². The molecule has 0 spiro atoms. The summed E-state index contributed by atoms with van der Waals surface area (Å²) in [5, 5.41) is 10.1. The largest absolute Gasteiger partial charge is 0.330 e. The Labute approximate surface area is 131 Å². The average molecular weight is 300 g/mol. The van der Waals surface area contributed by atoms with Crippen LogP contribution in [0.2, 0.25) is 0 Å². The first kappa shape index (κ1) is 16.1. The zero-order valence-electron chi connectivity index (χ0n) is 13.6. The maximum atomic E-state index is 12.2. The molecule has 0 unspecified atom stereocenters. The molecule has 0 aliphatic carbocycles. The summed E-state index contributed by atoms with van der Waals surface area (Å²) in [5.41, 5.74) is 3.01. The van der Waals surface area contributed by atoms with Crippen LogP contribution in [0.4, 0.5) is 10.5 Å². The number of carbonyl (C=O) groups is 1. The molecule has 1 aromatic carbocycles. The number of urea groups is 1. The zero-order valence-corrected chi connectivity index (χ0v) is 13.6. The van der Waals surface area contributed by atoms with E-state index < -0.39 is 0 Å². The minimum absolute atomic E-state index is 0.0548. The van der Waals surface area contributed by atoms with Crippen LogP contribution in [0.5, 0.6) is 0 Å². The summed E-state index contributed by atoms with van der Waals surface area (Å²) in [6, 6.07) is 9.61. The van der Waals surface area contributed by atoms with Crippen LogP contribution in [-0.4, -0.2) is 15.8 Å². The molecule has 2 amide bonds. The van der Waals surface area contributed by atoms with E-state index in [2.05, 4.69) is 35.6 Å². The third-order valence-electron chi connectivity index (χ3n) is 3.74. The first-order valence-electron chi connectivity index (χ1n) is 7.66. The van der Waals surface area contributed by atoms with Crippen LogP contribution in [0.15, 0.2) is 36.5 Å². The Morgan fingerprint density at radius 2 is 2.09 bits per heavy atom. The first-order valence-corrected chi connectivity index (χ1v) is 7.66. The van der Waals surface area contributed by atoms with E-state index in [1.165, 1.54) is 5.56 Å². The van der Waals surface area contributed by atoms with Crippen molar-refractivity contribution in [3.05, 3.63) is 47.8 Å². The summed E-state index contributed by atoms with van der Waals surface area (Å²) in [6.07, 6.45) is 2.54. The monoisotopic (exact) mass is 300 g/mol. The molecule has 0 saturated carbocycles. The van der Waals surface area contributed by atoms with Crippen LogP contribution >= 0.6 is 0 Å². The van der Waals surface area contributed by atoms with Gasteiger partial charge in [0.25, 0.3) is 0 Å².